The number of H-pyrrole nitrogens is 1. The van der Waals surface area contributed by atoms with E-state index in [-0.39, 0.29) is 0 Å². The van der Waals surface area contributed by atoms with Gasteiger partial charge in [0.15, 0.2) is 11.8 Å². The zero-order valence-corrected chi connectivity index (χ0v) is 31.3. The van der Waals surface area contributed by atoms with Crippen molar-refractivity contribution in [3.05, 3.63) is 33.1 Å². The third kappa shape index (κ3) is 10.3. The first-order valence-electron chi connectivity index (χ1n) is 16.1. The number of aromatic amines is 1. The van der Waals surface area contributed by atoms with E-state index in [1.165, 1.54) is 27.7 Å². The topological polar surface area (TPSA) is 265 Å². The van der Waals surface area contributed by atoms with Gasteiger partial charge in [-0.15, -0.1) is 0 Å². The fourth-order valence-corrected chi connectivity index (χ4v) is 6.06. The van der Waals surface area contributed by atoms with Crippen molar-refractivity contribution in [1.29, 1.82) is 0 Å². The van der Waals surface area contributed by atoms with Crippen LogP contribution in [0.5, 0.6) is 0 Å². The Morgan fingerprint density at radius 3 is 2.00 bits per heavy atom. The monoisotopic (exact) mass is 767 g/mol. The number of alkyl carbamates (subject to hydrolysis) is 1. The highest BCUT2D eigenvalue weighted by atomic mass is 31.2. The molecule has 1 amide bonds. The molecule has 2 heterocycles. The highest BCUT2D eigenvalue weighted by Gasteiger charge is 2.87. The molecule has 1 saturated carbocycles. The molecule has 1 unspecified atom stereocenters. The van der Waals surface area contributed by atoms with Crippen LogP contribution in [0.1, 0.15) is 75.5 Å². The van der Waals surface area contributed by atoms with E-state index in [2.05, 4.69) is 5.32 Å². The number of phosphoric ester groups is 1. The number of ether oxygens (including phenoxy) is 7. The second-order valence-electron chi connectivity index (χ2n) is 13.7. The molecule has 1 aliphatic carbocycles. The van der Waals surface area contributed by atoms with Crippen molar-refractivity contribution in [2.45, 2.75) is 123 Å². The number of amides is 1. The smallest absolute Gasteiger partial charge is 0.448 e. The second-order valence-corrected chi connectivity index (χ2v) is 15.4. The third-order valence-electron chi connectivity index (χ3n) is 7.21. The first-order valence-corrected chi connectivity index (χ1v) is 17.5. The number of carbonyl (C=O) groups excluding carboxylic acids is 4. The molecule has 2 fully saturated rings. The Morgan fingerprint density at radius 2 is 1.54 bits per heavy atom. The number of carbonyl (C=O) groups is 4. The highest BCUT2D eigenvalue weighted by Crippen LogP contribution is 2.67. The minimum Gasteiger partial charge on any atom is -0.448 e. The molecule has 1 aromatic heterocycles. The summed E-state index contributed by atoms with van der Waals surface area (Å²) in [5.41, 5.74) is -7.43. The van der Waals surface area contributed by atoms with Crippen LogP contribution in [-0.4, -0.2) is 99.9 Å². The van der Waals surface area contributed by atoms with Crippen LogP contribution in [0.3, 0.4) is 0 Å². The van der Waals surface area contributed by atoms with E-state index in [0.29, 0.717) is 0 Å². The van der Waals surface area contributed by atoms with Crippen LogP contribution in [0.4, 0.5) is 14.4 Å². The first kappa shape index (κ1) is 42.4. The predicted molar refractivity (Wildman–Crippen MR) is 172 cm³/mol. The molecule has 0 aromatic carbocycles. The Hall–Kier alpha value is -4.01. The van der Waals surface area contributed by atoms with Crippen molar-refractivity contribution in [3.63, 3.8) is 0 Å². The molecule has 0 spiro atoms. The van der Waals surface area contributed by atoms with E-state index in [4.69, 9.17) is 46.7 Å². The van der Waals surface area contributed by atoms with Gasteiger partial charge in [0, 0.05) is 12.3 Å². The lowest BCUT2D eigenvalue weighted by atomic mass is 9.94. The molecule has 3 rings (SSSR count). The molecule has 1 saturated heterocycles. The third-order valence-corrected chi connectivity index (χ3v) is 8.54. The zero-order valence-electron chi connectivity index (χ0n) is 30.4. The Balaban J connectivity index is 1.98. The molecule has 2 aliphatic rings. The van der Waals surface area contributed by atoms with E-state index in [9.17, 15) is 38.4 Å². The average Bonchev–Trinajstić information content (AvgIpc) is 3.49. The number of phosphoric acid groups is 1. The Kier molecular flexibility index (Phi) is 13.3. The fraction of sp³-hybridized carbons (Fsp3) is 0.733. The largest absolute Gasteiger partial charge is 0.510 e. The van der Waals surface area contributed by atoms with Crippen molar-refractivity contribution < 1.29 is 75.6 Å². The fourth-order valence-electron chi connectivity index (χ4n) is 4.95. The van der Waals surface area contributed by atoms with Crippen molar-refractivity contribution >= 4 is 32.2 Å². The maximum Gasteiger partial charge on any atom is 0.510 e. The first-order chi connectivity index (χ1) is 23.9. The van der Waals surface area contributed by atoms with Gasteiger partial charge in [-0.3, -0.25) is 18.9 Å². The lowest BCUT2D eigenvalue weighted by Crippen LogP contribution is -2.55. The van der Waals surface area contributed by atoms with Crippen molar-refractivity contribution in [1.82, 2.24) is 14.9 Å². The molecule has 0 bridgehead atoms. The number of hydrogen-bond donors (Lipinski definition) is 3. The minimum absolute atomic E-state index is 0.589. The van der Waals surface area contributed by atoms with E-state index in [0.717, 1.165) is 23.8 Å². The SMILES string of the molecule is CC(C)OC(=O)OCOP(=O)(OCOC(=O)OC(C)C)OC1[C@H]2O[C@@H](n3ccc(=O)[nH]c3=O)[C@](C)(O)[C@@]12OC(=O)[C@H](NC(=O)OC(C)(C)C)C(C)C. The summed E-state index contributed by atoms with van der Waals surface area (Å²) in [7, 11) is -5.04. The van der Waals surface area contributed by atoms with Crippen LogP contribution in [0.15, 0.2) is 21.9 Å². The van der Waals surface area contributed by atoms with Crippen LogP contribution in [0.25, 0.3) is 0 Å². The molecule has 294 valence electrons. The molecule has 21 nitrogen and oxygen atoms in total. The van der Waals surface area contributed by atoms with Gasteiger partial charge in [0.05, 0.1) is 12.2 Å². The average molecular weight is 768 g/mol. The summed E-state index contributed by atoms with van der Waals surface area (Å²) in [6.07, 6.45) is -8.44. The molecule has 22 heteroatoms. The van der Waals surface area contributed by atoms with E-state index in [1.807, 2.05) is 4.98 Å². The number of esters is 1. The van der Waals surface area contributed by atoms with Crippen molar-refractivity contribution in [2.75, 3.05) is 13.6 Å². The van der Waals surface area contributed by atoms with E-state index < -0.39 is 116 Å². The quantitative estimate of drug-likeness (QED) is 0.100. The lowest BCUT2D eigenvalue weighted by Gasteiger charge is -2.36. The molecule has 52 heavy (non-hydrogen) atoms. The minimum atomic E-state index is -5.04. The van der Waals surface area contributed by atoms with Gasteiger partial charge in [-0.05, 0) is 61.3 Å². The van der Waals surface area contributed by atoms with Gasteiger partial charge in [-0.1, -0.05) is 13.8 Å². The molecule has 3 N–H and O–H groups in total. The Morgan fingerprint density at radius 1 is 1.00 bits per heavy atom. The number of nitrogens with one attached hydrogen (secondary N) is 2. The summed E-state index contributed by atoms with van der Waals surface area (Å²) >= 11 is 0. The van der Waals surface area contributed by atoms with E-state index in [1.54, 1.807) is 34.6 Å². The van der Waals surface area contributed by atoms with Gasteiger partial charge in [0.1, 0.15) is 23.9 Å². The molecule has 6 atom stereocenters. The second kappa shape index (κ2) is 16.3. The van der Waals surface area contributed by atoms with Gasteiger partial charge in [-0.25, -0.2) is 37.6 Å². The maximum absolute atomic E-state index is 13.9. The number of hydrogen-bond acceptors (Lipinski definition) is 18. The normalized spacial score (nSPS) is 24.5. The van der Waals surface area contributed by atoms with Crippen LogP contribution in [-0.2, 0) is 56.1 Å². The van der Waals surface area contributed by atoms with Crippen LogP contribution in [0.2, 0.25) is 0 Å². The molecule has 1 aromatic rings. The number of fused-ring (bicyclic) bond motifs is 1. The predicted octanol–water partition coefficient (Wildman–Crippen LogP) is 2.59. The van der Waals surface area contributed by atoms with Crippen LogP contribution in [0, 0.1) is 5.92 Å². The molecular formula is C30H46N3O18P. The van der Waals surface area contributed by atoms with Crippen molar-refractivity contribution in [3.8, 4) is 0 Å². The summed E-state index contributed by atoms with van der Waals surface area (Å²) in [6, 6.07) is -0.418. The van der Waals surface area contributed by atoms with Gasteiger partial charge in [-0.2, -0.15) is 0 Å². The number of aromatic nitrogens is 2. The molecular weight excluding hydrogens is 721 g/mol. The summed E-state index contributed by atoms with van der Waals surface area (Å²) in [5, 5.41) is 14.4. The van der Waals surface area contributed by atoms with Gasteiger partial charge in [0.25, 0.3) is 5.56 Å². The van der Waals surface area contributed by atoms with Gasteiger partial charge >= 0.3 is 37.9 Å². The summed E-state index contributed by atoms with van der Waals surface area (Å²) < 4.78 is 66.8. The number of rotatable bonds is 15. The Labute approximate surface area is 298 Å². The van der Waals surface area contributed by atoms with Gasteiger partial charge < -0.3 is 43.6 Å². The number of aliphatic hydroxyl groups is 1. The maximum atomic E-state index is 13.9. The van der Waals surface area contributed by atoms with Crippen LogP contribution >= 0.6 is 7.82 Å². The van der Waals surface area contributed by atoms with E-state index >= 15 is 0 Å². The molecule has 1 aliphatic heterocycles. The Bertz CT molecular complexity index is 1600. The number of nitrogens with zero attached hydrogens (tertiary/aromatic N) is 1. The zero-order chi connectivity index (χ0) is 39.4. The molecule has 0 radical (unpaired) electrons. The van der Waals surface area contributed by atoms with Gasteiger partial charge in [0.2, 0.25) is 19.2 Å². The standard InChI is InChI=1S/C30H46N3O18P/c1-15(2)19(32-25(37)50-28(7,8)9)22(35)49-30-20(48-23(29(30,10)40)33-12-11-18(34)31-24(33)36)21(30)51-52(41,44-13-42-26(38)46-16(3)4)45-14-43-27(39)47-17(5)6/h11-12,15-17,19-21,23,40H,13-14H2,1-10H3,(H,32,37)(H,31,34,36)/t19-,20-,21?,23-,29+,30+/m1/s1. The highest BCUT2D eigenvalue weighted by molar-refractivity contribution is 7.48. The van der Waals surface area contributed by atoms with Crippen molar-refractivity contribution in [2.24, 2.45) is 5.92 Å². The van der Waals surface area contributed by atoms with Crippen LogP contribution < -0.4 is 16.6 Å². The summed E-state index contributed by atoms with van der Waals surface area (Å²) in [6.45, 7) is 13.0. The lowest BCUT2D eigenvalue weighted by molar-refractivity contribution is -0.190. The summed E-state index contributed by atoms with van der Waals surface area (Å²) in [4.78, 5) is 76.7. The summed E-state index contributed by atoms with van der Waals surface area (Å²) in [5.74, 6) is -1.76.